The number of carbonyl (C=O) groups is 1. The molecule has 0 saturated carbocycles. The molecule has 13 heavy (non-hydrogen) atoms. The standard InChI is InChI=1S/C8H11NO3S/c1-5(2)12-4-6-3-9-13-7(6)8(10)11/h3,5H,4H2,1-2H3,(H,10,11). The van der Waals surface area contributed by atoms with E-state index in [4.69, 9.17) is 9.84 Å². The summed E-state index contributed by atoms with van der Waals surface area (Å²) in [6.45, 7) is 4.12. The van der Waals surface area contributed by atoms with Crippen molar-refractivity contribution in [3.05, 3.63) is 16.6 Å². The van der Waals surface area contributed by atoms with E-state index in [2.05, 4.69) is 4.37 Å². The SMILES string of the molecule is CC(C)OCc1cnsc1C(=O)O. The fourth-order valence-electron chi connectivity index (χ4n) is 0.796. The van der Waals surface area contributed by atoms with Gasteiger partial charge in [-0.3, -0.25) is 0 Å². The zero-order chi connectivity index (χ0) is 9.84. The molecular formula is C8H11NO3S. The second kappa shape index (κ2) is 4.34. The topological polar surface area (TPSA) is 59.4 Å². The van der Waals surface area contributed by atoms with Crippen molar-refractivity contribution in [3.8, 4) is 0 Å². The van der Waals surface area contributed by atoms with E-state index in [0.717, 1.165) is 11.5 Å². The smallest absolute Gasteiger partial charge is 0.347 e. The molecule has 1 aromatic heterocycles. The zero-order valence-electron chi connectivity index (χ0n) is 7.48. The quantitative estimate of drug-likeness (QED) is 0.806. The van der Waals surface area contributed by atoms with Crippen LogP contribution < -0.4 is 0 Å². The minimum absolute atomic E-state index is 0.0987. The molecule has 0 unspecified atom stereocenters. The number of ether oxygens (including phenoxy) is 1. The molecule has 0 spiro atoms. The number of rotatable bonds is 4. The number of nitrogens with zero attached hydrogens (tertiary/aromatic N) is 1. The van der Waals surface area contributed by atoms with Crippen LogP contribution in [0.15, 0.2) is 6.20 Å². The summed E-state index contributed by atoms with van der Waals surface area (Å²) in [6, 6.07) is 0. The molecule has 72 valence electrons. The van der Waals surface area contributed by atoms with Gasteiger partial charge in [0.1, 0.15) is 4.88 Å². The summed E-state index contributed by atoms with van der Waals surface area (Å²) in [7, 11) is 0. The molecule has 0 aliphatic rings. The summed E-state index contributed by atoms with van der Waals surface area (Å²) >= 11 is 0.980. The Bertz CT molecular complexity index is 295. The maximum absolute atomic E-state index is 10.6. The third kappa shape index (κ3) is 2.78. The molecule has 0 atom stereocenters. The molecular weight excluding hydrogens is 190 g/mol. The Kier molecular flexibility index (Phi) is 3.39. The maximum atomic E-state index is 10.6. The van der Waals surface area contributed by atoms with Crippen molar-refractivity contribution in [2.24, 2.45) is 0 Å². The van der Waals surface area contributed by atoms with Gasteiger partial charge in [-0.15, -0.1) is 0 Å². The van der Waals surface area contributed by atoms with E-state index in [0.29, 0.717) is 12.2 Å². The minimum atomic E-state index is -0.940. The van der Waals surface area contributed by atoms with E-state index in [9.17, 15) is 4.79 Å². The number of carboxylic acids is 1. The summed E-state index contributed by atoms with van der Waals surface area (Å²) in [6.07, 6.45) is 1.64. The van der Waals surface area contributed by atoms with Crippen LogP contribution in [0.4, 0.5) is 0 Å². The van der Waals surface area contributed by atoms with Gasteiger partial charge >= 0.3 is 5.97 Å². The van der Waals surface area contributed by atoms with Crippen molar-refractivity contribution in [1.29, 1.82) is 0 Å². The molecule has 1 N–H and O–H groups in total. The molecule has 4 nitrogen and oxygen atoms in total. The first-order valence-electron chi connectivity index (χ1n) is 3.89. The van der Waals surface area contributed by atoms with Crippen LogP contribution >= 0.6 is 11.5 Å². The van der Waals surface area contributed by atoms with Crippen LogP contribution in [-0.2, 0) is 11.3 Å². The summed E-state index contributed by atoms with van der Waals surface area (Å²) in [5, 5.41) is 8.73. The van der Waals surface area contributed by atoms with E-state index in [-0.39, 0.29) is 11.0 Å². The van der Waals surface area contributed by atoms with E-state index in [1.165, 1.54) is 6.20 Å². The van der Waals surface area contributed by atoms with Gasteiger partial charge in [0.05, 0.1) is 12.7 Å². The van der Waals surface area contributed by atoms with Gasteiger partial charge in [0.15, 0.2) is 0 Å². The molecule has 0 radical (unpaired) electrons. The van der Waals surface area contributed by atoms with Gasteiger partial charge in [-0.1, -0.05) is 0 Å². The summed E-state index contributed by atoms with van der Waals surface area (Å²) in [5.41, 5.74) is 0.645. The van der Waals surface area contributed by atoms with Crippen LogP contribution in [-0.4, -0.2) is 21.6 Å². The van der Waals surface area contributed by atoms with Gasteiger partial charge in [-0.2, -0.15) is 4.37 Å². The van der Waals surface area contributed by atoms with Crippen molar-refractivity contribution in [2.75, 3.05) is 0 Å². The van der Waals surface area contributed by atoms with Gasteiger partial charge in [0.2, 0.25) is 0 Å². The lowest BCUT2D eigenvalue weighted by molar-refractivity contribution is 0.0612. The number of hydrogen-bond donors (Lipinski definition) is 1. The molecule has 0 aromatic carbocycles. The predicted molar refractivity (Wildman–Crippen MR) is 49.0 cm³/mol. The lowest BCUT2D eigenvalue weighted by atomic mass is 10.3. The third-order valence-electron chi connectivity index (χ3n) is 1.41. The highest BCUT2D eigenvalue weighted by atomic mass is 32.1. The highest BCUT2D eigenvalue weighted by Crippen LogP contribution is 2.14. The maximum Gasteiger partial charge on any atom is 0.347 e. The van der Waals surface area contributed by atoms with Crippen molar-refractivity contribution in [2.45, 2.75) is 26.6 Å². The molecule has 0 saturated heterocycles. The lowest BCUT2D eigenvalue weighted by Crippen LogP contribution is -2.04. The van der Waals surface area contributed by atoms with Gasteiger partial charge in [-0.05, 0) is 25.4 Å². The van der Waals surface area contributed by atoms with Crippen LogP contribution in [0.2, 0.25) is 0 Å². The van der Waals surface area contributed by atoms with Crippen LogP contribution in [0, 0.1) is 0 Å². The van der Waals surface area contributed by atoms with Gasteiger partial charge in [0, 0.05) is 11.8 Å². The van der Waals surface area contributed by atoms with Gasteiger partial charge in [-0.25, -0.2) is 4.79 Å². The molecule has 1 heterocycles. The summed E-state index contributed by atoms with van der Waals surface area (Å²) < 4.78 is 9.08. The molecule has 1 aromatic rings. The fourth-order valence-corrected chi connectivity index (χ4v) is 1.39. The number of aromatic nitrogens is 1. The molecule has 0 aliphatic carbocycles. The first-order valence-corrected chi connectivity index (χ1v) is 4.67. The average Bonchev–Trinajstić information content (AvgIpc) is 2.47. The highest BCUT2D eigenvalue weighted by molar-refractivity contribution is 7.08. The Hall–Kier alpha value is -0.940. The second-order valence-electron chi connectivity index (χ2n) is 2.85. The van der Waals surface area contributed by atoms with Crippen LogP contribution in [0.5, 0.6) is 0 Å². The number of carboxylic acid groups (broad SMARTS) is 1. The van der Waals surface area contributed by atoms with E-state index in [1.807, 2.05) is 13.8 Å². The van der Waals surface area contributed by atoms with Gasteiger partial charge < -0.3 is 9.84 Å². The Labute approximate surface area is 80.3 Å². The van der Waals surface area contributed by atoms with Gasteiger partial charge in [0.25, 0.3) is 0 Å². The average molecular weight is 201 g/mol. The second-order valence-corrected chi connectivity index (χ2v) is 3.65. The fraction of sp³-hybridized carbons (Fsp3) is 0.500. The monoisotopic (exact) mass is 201 g/mol. The Morgan fingerprint density at radius 2 is 2.46 bits per heavy atom. The first kappa shape index (κ1) is 10.1. The van der Waals surface area contributed by atoms with Crippen LogP contribution in [0.3, 0.4) is 0 Å². The Morgan fingerprint density at radius 3 is 3.00 bits per heavy atom. The molecule has 1 rings (SSSR count). The van der Waals surface area contributed by atoms with E-state index >= 15 is 0 Å². The Balaban J connectivity index is 2.65. The predicted octanol–water partition coefficient (Wildman–Crippen LogP) is 1.77. The van der Waals surface area contributed by atoms with Crippen molar-refractivity contribution < 1.29 is 14.6 Å². The summed E-state index contributed by atoms with van der Waals surface area (Å²) in [5.74, 6) is -0.940. The lowest BCUT2D eigenvalue weighted by Gasteiger charge is -2.05. The van der Waals surface area contributed by atoms with Crippen molar-refractivity contribution in [1.82, 2.24) is 4.37 Å². The highest BCUT2D eigenvalue weighted by Gasteiger charge is 2.12. The molecule has 0 fully saturated rings. The first-order chi connectivity index (χ1) is 6.11. The third-order valence-corrected chi connectivity index (χ3v) is 2.24. The number of aromatic carboxylic acids is 1. The minimum Gasteiger partial charge on any atom is -0.477 e. The van der Waals surface area contributed by atoms with Crippen LogP contribution in [0.1, 0.15) is 29.1 Å². The molecule has 5 heteroatoms. The van der Waals surface area contributed by atoms with Crippen LogP contribution in [0.25, 0.3) is 0 Å². The Morgan fingerprint density at radius 1 is 1.77 bits per heavy atom. The largest absolute Gasteiger partial charge is 0.477 e. The molecule has 0 amide bonds. The van der Waals surface area contributed by atoms with Crippen molar-refractivity contribution >= 4 is 17.5 Å². The normalized spacial score (nSPS) is 10.7. The molecule has 0 aliphatic heterocycles. The van der Waals surface area contributed by atoms with E-state index < -0.39 is 5.97 Å². The van der Waals surface area contributed by atoms with Crippen molar-refractivity contribution in [3.63, 3.8) is 0 Å². The van der Waals surface area contributed by atoms with E-state index in [1.54, 1.807) is 0 Å². The number of hydrogen-bond acceptors (Lipinski definition) is 4. The summed E-state index contributed by atoms with van der Waals surface area (Å²) in [4.78, 5) is 10.9. The zero-order valence-corrected chi connectivity index (χ0v) is 8.30. The molecule has 0 bridgehead atoms.